The van der Waals surface area contributed by atoms with Crippen molar-refractivity contribution >= 4 is 17.8 Å². The highest BCUT2D eigenvalue weighted by Gasteiger charge is 2.51. The Morgan fingerprint density at radius 2 is 1.85 bits per heavy atom. The highest BCUT2D eigenvalue weighted by atomic mass is 16.5. The van der Waals surface area contributed by atoms with Crippen LogP contribution in [0.25, 0.3) is 0 Å². The third-order valence-electron chi connectivity index (χ3n) is 4.73. The zero-order valence-electron chi connectivity index (χ0n) is 15.2. The first-order valence-electron chi connectivity index (χ1n) is 8.86. The molecule has 1 saturated heterocycles. The van der Waals surface area contributed by atoms with Crippen molar-refractivity contribution in [2.24, 2.45) is 17.8 Å². The van der Waals surface area contributed by atoms with Crippen LogP contribution in [0.1, 0.15) is 44.9 Å². The van der Waals surface area contributed by atoms with Crippen molar-refractivity contribution in [3.8, 4) is 0 Å². The Hall–Kier alpha value is -2.51. The molecule has 0 radical (unpaired) electrons. The summed E-state index contributed by atoms with van der Waals surface area (Å²) in [5.74, 6) is -1.25. The molecule has 0 unspecified atom stereocenters. The number of carbonyl (C=O) groups excluding carboxylic acids is 3. The van der Waals surface area contributed by atoms with Crippen molar-refractivity contribution in [3.63, 3.8) is 0 Å². The van der Waals surface area contributed by atoms with E-state index in [0.29, 0.717) is 25.2 Å². The second-order valence-electron chi connectivity index (χ2n) is 7.17. The lowest BCUT2D eigenvalue weighted by Crippen LogP contribution is -2.47. The van der Waals surface area contributed by atoms with Gasteiger partial charge in [-0.3, -0.25) is 14.5 Å². The number of aromatic nitrogens is 2. The van der Waals surface area contributed by atoms with Gasteiger partial charge in [-0.1, -0.05) is 26.0 Å². The van der Waals surface area contributed by atoms with Gasteiger partial charge in [0.15, 0.2) is 6.61 Å². The molecule has 26 heavy (non-hydrogen) atoms. The number of rotatable bonds is 6. The lowest BCUT2D eigenvalue weighted by Gasteiger charge is -2.26. The number of hydrogen-bond acceptors (Lipinski definition) is 7. The molecule has 0 spiro atoms. The standard InChI is InChI=1S/C18H23N3O5/c1-10(2)8-14(18(24)25-9-15-20-19-11(3)26-15)21-16(22)12-6-4-5-7-13(12)17(21)23/h4-5,10,12-14H,6-9H2,1-3H3/t12-,13+,14-/m0/s1. The predicted octanol–water partition coefficient (Wildman–Crippen LogP) is 1.79. The molecule has 1 aliphatic carbocycles. The van der Waals surface area contributed by atoms with Crippen LogP contribution in [0, 0.1) is 24.7 Å². The molecule has 1 aromatic heterocycles. The average molecular weight is 361 g/mol. The molecule has 2 heterocycles. The first kappa shape index (κ1) is 18.3. The fraction of sp³-hybridized carbons (Fsp3) is 0.611. The van der Waals surface area contributed by atoms with E-state index >= 15 is 0 Å². The maximum Gasteiger partial charge on any atom is 0.329 e. The molecule has 1 aromatic rings. The molecule has 140 valence electrons. The molecule has 1 aliphatic heterocycles. The van der Waals surface area contributed by atoms with Gasteiger partial charge in [0.25, 0.3) is 5.89 Å². The SMILES string of the molecule is Cc1nnc(COC(=O)[C@H](CC(C)C)N2C(=O)[C@H]3CC=CC[C@H]3C2=O)o1. The number of carbonyl (C=O) groups is 3. The number of likely N-dealkylation sites (tertiary alicyclic amines) is 1. The van der Waals surface area contributed by atoms with Crippen LogP contribution in [-0.4, -0.2) is 38.9 Å². The highest BCUT2D eigenvalue weighted by Crippen LogP contribution is 2.37. The molecule has 2 amide bonds. The maximum absolute atomic E-state index is 12.8. The highest BCUT2D eigenvalue weighted by molar-refractivity contribution is 6.08. The number of ether oxygens (including phenoxy) is 1. The van der Waals surface area contributed by atoms with E-state index in [2.05, 4.69) is 10.2 Å². The van der Waals surface area contributed by atoms with E-state index in [9.17, 15) is 14.4 Å². The smallest absolute Gasteiger partial charge is 0.329 e. The zero-order chi connectivity index (χ0) is 18.8. The maximum atomic E-state index is 12.8. The molecule has 1 fully saturated rings. The van der Waals surface area contributed by atoms with Crippen LogP contribution in [-0.2, 0) is 25.7 Å². The summed E-state index contributed by atoms with van der Waals surface area (Å²) < 4.78 is 10.5. The minimum Gasteiger partial charge on any atom is -0.454 e. The summed E-state index contributed by atoms with van der Waals surface area (Å²) in [5.41, 5.74) is 0. The lowest BCUT2D eigenvalue weighted by molar-refractivity contribution is -0.161. The number of esters is 1. The fourth-order valence-electron chi connectivity index (χ4n) is 3.51. The third kappa shape index (κ3) is 3.54. The van der Waals surface area contributed by atoms with E-state index in [1.807, 2.05) is 26.0 Å². The van der Waals surface area contributed by atoms with Crippen LogP contribution in [0.2, 0.25) is 0 Å². The Morgan fingerprint density at radius 3 is 2.35 bits per heavy atom. The summed E-state index contributed by atoms with van der Waals surface area (Å²) >= 11 is 0. The van der Waals surface area contributed by atoms with Crippen molar-refractivity contribution in [1.29, 1.82) is 0 Å². The number of allylic oxidation sites excluding steroid dienone is 2. The minimum atomic E-state index is -0.926. The Kier molecular flexibility index (Phi) is 5.20. The summed E-state index contributed by atoms with van der Waals surface area (Å²) in [6.45, 7) is 5.32. The van der Waals surface area contributed by atoms with Gasteiger partial charge in [0.2, 0.25) is 17.7 Å². The van der Waals surface area contributed by atoms with E-state index in [1.54, 1.807) is 6.92 Å². The van der Waals surface area contributed by atoms with Gasteiger partial charge in [0, 0.05) is 6.92 Å². The van der Waals surface area contributed by atoms with Gasteiger partial charge < -0.3 is 9.15 Å². The quantitative estimate of drug-likeness (QED) is 0.432. The molecule has 0 bridgehead atoms. The first-order valence-corrected chi connectivity index (χ1v) is 8.86. The normalized spacial score (nSPS) is 23.5. The van der Waals surface area contributed by atoms with Crippen molar-refractivity contribution in [1.82, 2.24) is 15.1 Å². The molecular formula is C18H23N3O5. The summed E-state index contributed by atoms with van der Waals surface area (Å²) in [7, 11) is 0. The van der Waals surface area contributed by atoms with Crippen LogP contribution in [0.4, 0.5) is 0 Å². The van der Waals surface area contributed by atoms with Crippen LogP contribution >= 0.6 is 0 Å². The van der Waals surface area contributed by atoms with E-state index in [1.165, 1.54) is 0 Å². The van der Waals surface area contributed by atoms with Gasteiger partial charge in [-0.25, -0.2) is 4.79 Å². The van der Waals surface area contributed by atoms with Gasteiger partial charge >= 0.3 is 5.97 Å². The Labute approximate surface area is 151 Å². The molecule has 0 saturated carbocycles. The monoisotopic (exact) mass is 361 g/mol. The van der Waals surface area contributed by atoms with Crippen LogP contribution in [0.3, 0.4) is 0 Å². The largest absolute Gasteiger partial charge is 0.454 e. The van der Waals surface area contributed by atoms with Crippen molar-refractivity contribution < 1.29 is 23.5 Å². The van der Waals surface area contributed by atoms with Gasteiger partial charge in [0.1, 0.15) is 6.04 Å². The predicted molar refractivity (Wildman–Crippen MR) is 89.3 cm³/mol. The Morgan fingerprint density at radius 1 is 1.23 bits per heavy atom. The van der Waals surface area contributed by atoms with Gasteiger partial charge in [-0.15, -0.1) is 10.2 Å². The Balaban J connectivity index is 1.75. The molecule has 0 aromatic carbocycles. The number of amides is 2. The minimum absolute atomic E-state index is 0.111. The second kappa shape index (κ2) is 7.39. The van der Waals surface area contributed by atoms with Crippen LogP contribution in [0.15, 0.2) is 16.6 Å². The van der Waals surface area contributed by atoms with E-state index in [4.69, 9.17) is 9.15 Å². The zero-order valence-corrected chi connectivity index (χ0v) is 15.2. The third-order valence-corrected chi connectivity index (χ3v) is 4.73. The first-order chi connectivity index (χ1) is 12.4. The average Bonchev–Trinajstić information content (AvgIpc) is 3.13. The molecular weight excluding hydrogens is 338 g/mol. The van der Waals surface area contributed by atoms with Crippen LogP contribution in [0.5, 0.6) is 0 Å². The van der Waals surface area contributed by atoms with E-state index in [-0.39, 0.29) is 42.1 Å². The molecule has 8 heteroatoms. The van der Waals surface area contributed by atoms with Gasteiger partial charge in [-0.05, 0) is 25.2 Å². The van der Waals surface area contributed by atoms with Crippen LogP contribution < -0.4 is 0 Å². The fourth-order valence-corrected chi connectivity index (χ4v) is 3.51. The molecule has 2 aliphatic rings. The number of imide groups is 1. The van der Waals surface area contributed by atoms with Crippen molar-refractivity contribution in [3.05, 3.63) is 23.9 Å². The summed E-state index contributed by atoms with van der Waals surface area (Å²) in [6.07, 6.45) is 5.27. The number of aryl methyl sites for hydroxylation is 1. The number of fused-ring (bicyclic) bond motifs is 1. The van der Waals surface area contributed by atoms with Gasteiger partial charge in [-0.2, -0.15) is 0 Å². The van der Waals surface area contributed by atoms with Crippen molar-refractivity contribution in [2.75, 3.05) is 0 Å². The van der Waals surface area contributed by atoms with Crippen molar-refractivity contribution in [2.45, 2.75) is 52.7 Å². The molecule has 8 nitrogen and oxygen atoms in total. The summed E-state index contributed by atoms with van der Waals surface area (Å²) in [6, 6.07) is -0.926. The van der Waals surface area contributed by atoms with E-state index in [0.717, 1.165) is 4.90 Å². The van der Waals surface area contributed by atoms with E-state index < -0.39 is 12.0 Å². The second-order valence-corrected chi connectivity index (χ2v) is 7.17. The Bertz CT molecular complexity index is 713. The molecule has 3 rings (SSSR count). The number of hydrogen-bond donors (Lipinski definition) is 0. The number of nitrogens with zero attached hydrogens (tertiary/aromatic N) is 3. The summed E-state index contributed by atoms with van der Waals surface area (Å²) in [4.78, 5) is 39.4. The molecule has 3 atom stereocenters. The van der Waals surface area contributed by atoms with Gasteiger partial charge in [0.05, 0.1) is 11.8 Å². The summed E-state index contributed by atoms with van der Waals surface area (Å²) in [5, 5.41) is 7.45. The lowest BCUT2D eigenvalue weighted by atomic mass is 9.85. The molecule has 0 N–H and O–H groups in total. The topological polar surface area (TPSA) is 103 Å².